The minimum atomic E-state index is 0.311. The molecule has 2 aromatic rings. The van der Waals surface area contributed by atoms with Crippen LogP contribution >= 0.6 is 33.9 Å². The van der Waals surface area contributed by atoms with Crippen LogP contribution in [0, 0.1) is 2.88 Å². The van der Waals surface area contributed by atoms with E-state index < -0.39 is 0 Å². The van der Waals surface area contributed by atoms with E-state index in [-0.39, 0.29) is 0 Å². The predicted molar refractivity (Wildman–Crippen MR) is 97.7 cm³/mol. The monoisotopic (exact) mass is 399 g/mol. The Kier molecular flexibility index (Phi) is 6.05. The van der Waals surface area contributed by atoms with Crippen LogP contribution in [0.4, 0.5) is 0 Å². The predicted octanol–water partition coefficient (Wildman–Crippen LogP) is 5.57. The van der Waals surface area contributed by atoms with Gasteiger partial charge >= 0.3 is 0 Å². The largest absolute Gasteiger partial charge is 0.307 e. The van der Waals surface area contributed by atoms with E-state index >= 15 is 0 Å². The molecule has 0 fully saturated rings. The van der Waals surface area contributed by atoms with Crippen molar-refractivity contribution in [2.75, 3.05) is 6.54 Å². The highest BCUT2D eigenvalue weighted by Crippen LogP contribution is 2.28. The smallest absolute Gasteiger partial charge is 0.0656 e. The van der Waals surface area contributed by atoms with Crippen molar-refractivity contribution in [3.63, 3.8) is 0 Å². The highest BCUT2D eigenvalue weighted by molar-refractivity contribution is 14.1. The maximum Gasteiger partial charge on any atom is 0.0656 e. The van der Waals surface area contributed by atoms with Crippen LogP contribution in [0.5, 0.6) is 0 Å². The Morgan fingerprint density at radius 2 is 1.75 bits per heavy atom. The normalized spacial score (nSPS) is 14.2. The molecule has 1 nitrogen and oxygen atoms in total. The number of benzene rings is 1. The molecule has 0 saturated carbocycles. The molecule has 0 aliphatic carbocycles. The Morgan fingerprint density at radius 3 is 2.25 bits per heavy atom. The van der Waals surface area contributed by atoms with E-state index in [1.165, 1.54) is 26.0 Å². The van der Waals surface area contributed by atoms with Crippen LogP contribution in [0.2, 0.25) is 0 Å². The second kappa shape index (κ2) is 7.57. The zero-order chi connectivity index (χ0) is 14.5. The summed E-state index contributed by atoms with van der Waals surface area (Å²) in [6.07, 6.45) is 1.19. The molecule has 1 aromatic carbocycles. The zero-order valence-corrected chi connectivity index (χ0v) is 15.3. The maximum atomic E-state index is 3.59. The van der Waals surface area contributed by atoms with E-state index in [4.69, 9.17) is 0 Å². The molecular formula is C17H22INS. The first-order valence-electron chi connectivity index (χ1n) is 7.22. The van der Waals surface area contributed by atoms with Gasteiger partial charge in [0, 0.05) is 0 Å². The maximum absolute atomic E-state index is 3.59. The number of hydrogen-bond acceptors (Lipinski definition) is 2. The van der Waals surface area contributed by atoms with E-state index in [1.54, 1.807) is 0 Å². The molecule has 0 bridgehead atoms. The summed E-state index contributed by atoms with van der Waals surface area (Å²) in [5, 5.41) is 5.86. The molecule has 2 atom stereocenters. The van der Waals surface area contributed by atoms with Gasteiger partial charge in [-0.05, 0) is 69.6 Å². The van der Waals surface area contributed by atoms with E-state index in [9.17, 15) is 0 Å². The van der Waals surface area contributed by atoms with Gasteiger partial charge in [0.25, 0.3) is 0 Å². The summed E-state index contributed by atoms with van der Waals surface area (Å²) in [6, 6.07) is 11.7. The first-order chi connectivity index (χ1) is 9.65. The van der Waals surface area contributed by atoms with Gasteiger partial charge < -0.3 is 5.32 Å². The third kappa shape index (κ3) is 3.83. The quantitative estimate of drug-likeness (QED) is 0.627. The van der Waals surface area contributed by atoms with Crippen molar-refractivity contribution in [3.05, 3.63) is 55.3 Å². The minimum absolute atomic E-state index is 0.311. The highest BCUT2D eigenvalue weighted by Gasteiger charge is 2.14. The van der Waals surface area contributed by atoms with Gasteiger partial charge in [-0.15, -0.1) is 11.3 Å². The molecule has 108 valence electrons. The van der Waals surface area contributed by atoms with E-state index in [0.29, 0.717) is 12.0 Å². The molecule has 0 amide bonds. The average molecular weight is 399 g/mol. The van der Waals surface area contributed by atoms with Crippen molar-refractivity contribution in [3.8, 4) is 0 Å². The van der Waals surface area contributed by atoms with Gasteiger partial charge in [0.2, 0.25) is 0 Å². The zero-order valence-electron chi connectivity index (χ0n) is 12.3. The third-order valence-corrected chi connectivity index (χ3v) is 5.59. The third-order valence-electron chi connectivity index (χ3n) is 3.78. The van der Waals surface area contributed by atoms with Crippen LogP contribution in [0.1, 0.15) is 55.8 Å². The van der Waals surface area contributed by atoms with Crippen molar-refractivity contribution >= 4 is 33.9 Å². The first kappa shape index (κ1) is 16.0. The summed E-state index contributed by atoms with van der Waals surface area (Å²) in [4.78, 5) is 0. The highest BCUT2D eigenvalue weighted by atomic mass is 127. The molecule has 2 unspecified atom stereocenters. The van der Waals surface area contributed by atoms with Crippen LogP contribution in [0.3, 0.4) is 0 Å². The van der Waals surface area contributed by atoms with E-state index in [1.807, 2.05) is 11.3 Å². The fraction of sp³-hybridized carbons (Fsp3) is 0.412. The summed E-state index contributed by atoms with van der Waals surface area (Å²) in [5.41, 5.74) is 4.16. The molecular weight excluding hydrogens is 377 g/mol. The van der Waals surface area contributed by atoms with E-state index in [2.05, 4.69) is 84.4 Å². The summed E-state index contributed by atoms with van der Waals surface area (Å²) >= 11 is 4.20. The lowest BCUT2D eigenvalue weighted by Gasteiger charge is -2.18. The molecule has 20 heavy (non-hydrogen) atoms. The van der Waals surface area contributed by atoms with Crippen LogP contribution < -0.4 is 5.32 Å². The first-order valence-corrected chi connectivity index (χ1v) is 9.18. The Bertz CT molecular complexity index is 532. The lowest BCUT2D eigenvalue weighted by molar-refractivity contribution is 0.631. The molecule has 0 spiro atoms. The Labute approximate surface area is 139 Å². The molecule has 1 aromatic heterocycles. The van der Waals surface area contributed by atoms with Gasteiger partial charge in [-0.1, -0.05) is 45.0 Å². The number of nitrogens with one attached hydrogen (secondary N) is 1. The average Bonchev–Trinajstić information content (AvgIpc) is 2.90. The standard InChI is InChI=1S/C17H22INS/c1-4-12(3)13-6-8-14(9-7-13)17(19-5-2)15-10-16(18)20-11-15/h6-12,17,19H,4-5H2,1-3H3. The van der Waals surface area contributed by atoms with Crippen molar-refractivity contribution in [1.82, 2.24) is 5.32 Å². The van der Waals surface area contributed by atoms with Gasteiger partial charge in [-0.25, -0.2) is 0 Å². The Balaban J connectivity index is 2.25. The van der Waals surface area contributed by atoms with Crippen molar-refractivity contribution < 1.29 is 0 Å². The Hall–Kier alpha value is -0.390. The van der Waals surface area contributed by atoms with Crippen LogP contribution in [0.25, 0.3) is 0 Å². The molecule has 1 N–H and O–H groups in total. The molecule has 1 heterocycles. The second-order valence-corrected chi connectivity index (χ2v) is 7.96. The van der Waals surface area contributed by atoms with Gasteiger partial charge in [0.15, 0.2) is 0 Å². The lowest BCUT2D eigenvalue weighted by Crippen LogP contribution is -2.21. The van der Waals surface area contributed by atoms with Gasteiger partial charge in [-0.3, -0.25) is 0 Å². The fourth-order valence-corrected chi connectivity index (χ4v) is 3.76. The molecule has 2 rings (SSSR count). The lowest BCUT2D eigenvalue weighted by atomic mass is 9.94. The number of hydrogen-bond donors (Lipinski definition) is 1. The topological polar surface area (TPSA) is 12.0 Å². The molecule has 0 saturated heterocycles. The SMILES string of the molecule is CCNC(c1ccc(C(C)CC)cc1)c1csc(I)c1. The Morgan fingerprint density at radius 1 is 1.10 bits per heavy atom. The summed E-state index contributed by atoms with van der Waals surface area (Å²) in [6.45, 7) is 7.67. The summed E-state index contributed by atoms with van der Waals surface area (Å²) in [7, 11) is 0. The van der Waals surface area contributed by atoms with Crippen molar-refractivity contribution in [1.29, 1.82) is 0 Å². The van der Waals surface area contributed by atoms with Gasteiger partial charge in [0.1, 0.15) is 0 Å². The van der Waals surface area contributed by atoms with Crippen molar-refractivity contribution in [2.24, 2.45) is 0 Å². The molecule has 3 heteroatoms. The van der Waals surface area contributed by atoms with Gasteiger partial charge in [-0.2, -0.15) is 0 Å². The van der Waals surface area contributed by atoms with Crippen molar-refractivity contribution in [2.45, 2.75) is 39.2 Å². The fourth-order valence-electron chi connectivity index (χ4n) is 2.36. The van der Waals surface area contributed by atoms with Gasteiger partial charge in [0.05, 0.1) is 8.93 Å². The number of halogens is 1. The summed E-state index contributed by atoms with van der Waals surface area (Å²) in [5.74, 6) is 0.642. The molecule has 0 aliphatic rings. The number of thiophene rings is 1. The van der Waals surface area contributed by atoms with Crippen LogP contribution in [-0.4, -0.2) is 6.54 Å². The molecule has 0 radical (unpaired) electrons. The minimum Gasteiger partial charge on any atom is -0.307 e. The summed E-state index contributed by atoms with van der Waals surface area (Å²) < 4.78 is 1.34. The molecule has 0 aliphatic heterocycles. The van der Waals surface area contributed by atoms with E-state index in [0.717, 1.165) is 6.54 Å². The number of rotatable bonds is 6. The van der Waals surface area contributed by atoms with Crippen LogP contribution in [0.15, 0.2) is 35.7 Å². The van der Waals surface area contributed by atoms with Crippen LogP contribution in [-0.2, 0) is 0 Å². The second-order valence-electron chi connectivity index (χ2n) is 5.15.